The summed E-state index contributed by atoms with van der Waals surface area (Å²) in [5.41, 5.74) is 1.46. The van der Waals surface area contributed by atoms with Gasteiger partial charge >= 0.3 is 11.9 Å². The van der Waals surface area contributed by atoms with Crippen molar-refractivity contribution in [3.05, 3.63) is 29.3 Å². The van der Waals surface area contributed by atoms with Crippen molar-refractivity contribution in [3.63, 3.8) is 0 Å². The lowest BCUT2D eigenvalue weighted by molar-refractivity contribution is -0.143. The number of rotatable bonds is 7. The van der Waals surface area contributed by atoms with Crippen molar-refractivity contribution in [1.29, 1.82) is 0 Å². The van der Waals surface area contributed by atoms with Crippen molar-refractivity contribution >= 4 is 23.7 Å². The van der Waals surface area contributed by atoms with Crippen molar-refractivity contribution < 1.29 is 19.1 Å². The molecule has 0 N–H and O–H groups in total. The molecule has 0 atom stereocenters. The Hall–Kier alpha value is -1.49. The highest BCUT2D eigenvalue weighted by Crippen LogP contribution is 2.21. The van der Waals surface area contributed by atoms with E-state index < -0.39 is 0 Å². The van der Waals surface area contributed by atoms with Crippen molar-refractivity contribution in [2.24, 2.45) is 0 Å². The monoisotopic (exact) mass is 296 g/mol. The van der Waals surface area contributed by atoms with Gasteiger partial charge < -0.3 is 9.47 Å². The first-order valence-electron chi connectivity index (χ1n) is 6.61. The van der Waals surface area contributed by atoms with Gasteiger partial charge in [-0.3, -0.25) is 4.79 Å². The van der Waals surface area contributed by atoms with Crippen LogP contribution in [-0.2, 0) is 20.7 Å². The van der Waals surface area contributed by atoms with Gasteiger partial charge in [-0.05, 0) is 50.3 Å². The van der Waals surface area contributed by atoms with Crippen LogP contribution in [0.4, 0.5) is 0 Å². The summed E-state index contributed by atoms with van der Waals surface area (Å²) in [6.45, 7) is 4.29. The van der Waals surface area contributed by atoms with Gasteiger partial charge in [0.2, 0.25) is 0 Å². The molecule has 1 rings (SSSR count). The van der Waals surface area contributed by atoms with Crippen LogP contribution in [0.5, 0.6) is 0 Å². The molecule has 0 heterocycles. The maximum absolute atomic E-state index is 11.8. The third-order valence-electron chi connectivity index (χ3n) is 2.64. The van der Waals surface area contributed by atoms with Crippen molar-refractivity contribution in [1.82, 2.24) is 0 Å². The van der Waals surface area contributed by atoms with Crippen LogP contribution in [-0.4, -0.2) is 31.4 Å². The average molecular weight is 296 g/mol. The Balaban J connectivity index is 2.82. The molecule has 5 heteroatoms. The van der Waals surface area contributed by atoms with E-state index in [0.29, 0.717) is 31.6 Å². The lowest BCUT2D eigenvalue weighted by atomic mass is 10.1. The van der Waals surface area contributed by atoms with Gasteiger partial charge in [-0.2, -0.15) is 0 Å². The van der Waals surface area contributed by atoms with Gasteiger partial charge in [-0.25, -0.2) is 4.79 Å². The normalized spacial score (nSPS) is 10.2. The van der Waals surface area contributed by atoms with Crippen LogP contribution in [0.15, 0.2) is 23.1 Å². The van der Waals surface area contributed by atoms with Crippen LogP contribution < -0.4 is 0 Å². The van der Waals surface area contributed by atoms with E-state index in [-0.39, 0.29) is 11.9 Å². The first kappa shape index (κ1) is 16.6. The third-order valence-corrected chi connectivity index (χ3v) is 3.34. The molecule has 0 unspecified atom stereocenters. The summed E-state index contributed by atoms with van der Waals surface area (Å²) in [6, 6.07) is 5.56. The molecular formula is C15H20O4S. The highest BCUT2D eigenvalue weighted by molar-refractivity contribution is 7.98. The predicted molar refractivity (Wildman–Crippen MR) is 79.1 cm³/mol. The van der Waals surface area contributed by atoms with Gasteiger partial charge in [0.1, 0.15) is 0 Å². The summed E-state index contributed by atoms with van der Waals surface area (Å²) in [4.78, 5) is 24.1. The van der Waals surface area contributed by atoms with E-state index in [2.05, 4.69) is 0 Å². The Kier molecular flexibility index (Phi) is 7.15. The zero-order valence-corrected chi connectivity index (χ0v) is 12.9. The average Bonchev–Trinajstić information content (AvgIpc) is 2.45. The molecule has 110 valence electrons. The summed E-state index contributed by atoms with van der Waals surface area (Å²) in [5, 5.41) is 0. The van der Waals surface area contributed by atoms with E-state index >= 15 is 0 Å². The van der Waals surface area contributed by atoms with Crippen LogP contribution in [0.3, 0.4) is 0 Å². The van der Waals surface area contributed by atoms with Crippen LogP contribution in [0, 0.1) is 0 Å². The molecule has 0 amide bonds. The second kappa shape index (κ2) is 8.64. The van der Waals surface area contributed by atoms with Gasteiger partial charge in [-0.15, -0.1) is 11.8 Å². The summed E-state index contributed by atoms with van der Waals surface area (Å²) in [6.07, 6.45) is 2.81. The van der Waals surface area contributed by atoms with Gasteiger partial charge in [0.05, 0.1) is 18.8 Å². The molecule has 1 aromatic carbocycles. The molecule has 0 aliphatic carbocycles. The lowest BCUT2D eigenvalue weighted by Gasteiger charge is -2.08. The summed E-state index contributed by atoms with van der Waals surface area (Å²) in [7, 11) is 0. The topological polar surface area (TPSA) is 52.6 Å². The van der Waals surface area contributed by atoms with Crippen molar-refractivity contribution in [2.75, 3.05) is 19.5 Å². The van der Waals surface area contributed by atoms with E-state index in [1.807, 2.05) is 12.3 Å². The minimum Gasteiger partial charge on any atom is -0.466 e. The van der Waals surface area contributed by atoms with Gasteiger partial charge in [-0.1, -0.05) is 0 Å². The summed E-state index contributed by atoms with van der Waals surface area (Å²) in [5.74, 6) is -0.555. The number of ether oxygens (including phenoxy) is 2. The lowest BCUT2D eigenvalue weighted by Crippen LogP contribution is -2.07. The Morgan fingerprint density at radius 1 is 1.10 bits per heavy atom. The molecule has 4 nitrogen and oxygen atoms in total. The molecular weight excluding hydrogens is 276 g/mol. The number of carbonyl (C=O) groups is 2. The van der Waals surface area contributed by atoms with Crippen LogP contribution in [0.1, 0.15) is 36.2 Å². The maximum atomic E-state index is 11.8. The number of hydrogen-bond donors (Lipinski definition) is 0. The molecule has 0 radical (unpaired) electrons. The third kappa shape index (κ3) is 5.25. The summed E-state index contributed by atoms with van der Waals surface area (Å²) >= 11 is 1.55. The quantitative estimate of drug-likeness (QED) is 0.571. The van der Waals surface area contributed by atoms with Crippen LogP contribution >= 0.6 is 11.8 Å². The second-order valence-corrected chi connectivity index (χ2v) is 4.97. The molecule has 0 bridgehead atoms. The highest BCUT2D eigenvalue weighted by Gasteiger charge is 2.11. The molecule has 0 aromatic heterocycles. The smallest absolute Gasteiger partial charge is 0.338 e. The van der Waals surface area contributed by atoms with Gasteiger partial charge in [0, 0.05) is 11.3 Å². The Morgan fingerprint density at radius 2 is 1.80 bits per heavy atom. The minimum absolute atomic E-state index is 0.222. The van der Waals surface area contributed by atoms with Gasteiger partial charge in [0.15, 0.2) is 0 Å². The largest absolute Gasteiger partial charge is 0.466 e. The summed E-state index contributed by atoms with van der Waals surface area (Å²) < 4.78 is 9.91. The van der Waals surface area contributed by atoms with E-state index in [9.17, 15) is 9.59 Å². The minimum atomic E-state index is -0.333. The number of aryl methyl sites for hydroxylation is 1. The number of hydrogen-bond acceptors (Lipinski definition) is 5. The van der Waals surface area contributed by atoms with E-state index in [1.165, 1.54) is 0 Å². The van der Waals surface area contributed by atoms with E-state index in [4.69, 9.17) is 9.47 Å². The fourth-order valence-corrected chi connectivity index (χ4v) is 2.25. The number of thioether (sulfide) groups is 1. The molecule has 1 aromatic rings. The molecule has 0 aliphatic rings. The molecule has 0 saturated carbocycles. The molecule has 20 heavy (non-hydrogen) atoms. The van der Waals surface area contributed by atoms with E-state index in [1.54, 1.807) is 37.7 Å². The Labute approximate surface area is 123 Å². The maximum Gasteiger partial charge on any atom is 0.338 e. The van der Waals surface area contributed by atoms with E-state index in [0.717, 1.165) is 10.5 Å². The number of esters is 2. The van der Waals surface area contributed by atoms with Crippen molar-refractivity contribution in [3.8, 4) is 0 Å². The fraction of sp³-hybridized carbons (Fsp3) is 0.467. The first-order valence-corrected chi connectivity index (χ1v) is 7.83. The second-order valence-electron chi connectivity index (χ2n) is 4.10. The molecule has 0 saturated heterocycles. The van der Waals surface area contributed by atoms with Gasteiger partial charge in [0.25, 0.3) is 0 Å². The first-order chi connectivity index (χ1) is 9.60. The van der Waals surface area contributed by atoms with Crippen LogP contribution in [0.2, 0.25) is 0 Å². The number of carbonyl (C=O) groups excluding carboxylic acids is 2. The van der Waals surface area contributed by atoms with Crippen LogP contribution in [0.25, 0.3) is 0 Å². The zero-order valence-electron chi connectivity index (χ0n) is 12.1. The molecule has 0 fully saturated rings. The highest BCUT2D eigenvalue weighted by atomic mass is 32.2. The standard InChI is InChI=1S/C15H20O4S/c1-4-18-14(16)7-6-11-8-12(15(17)19-5-2)10-13(9-11)20-3/h8-10H,4-7H2,1-3H3. The zero-order chi connectivity index (χ0) is 15.0. The molecule has 0 aliphatic heterocycles. The molecule has 0 spiro atoms. The van der Waals surface area contributed by atoms with Crippen molar-refractivity contribution in [2.45, 2.75) is 31.6 Å². The fourth-order valence-electron chi connectivity index (χ4n) is 1.73. The Bertz CT molecular complexity index is 471. The predicted octanol–water partition coefficient (Wildman–Crippen LogP) is 3.08. The number of benzene rings is 1. The SMILES string of the molecule is CCOC(=O)CCc1cc(SC)cc(C(=O)OCC)c1. The Morgan fingerprint density at radius 3 is 2.40 bits per heavy atom.